The van der Waals surface area contributed by atoms with Gasteiger partial charge in [0.25, 0.3) is 0 Å². The van der Waals surface area contributed by atoms with E-state index in [1.807, 2.05) is 23.1 Å². The monoisotopic (exact) mass is 262 g/mol. The molecule has 0 aliphatic heterocycles. The highest BCUT2D eigenvalue weighted by atomic mass is 16.2. The van der Waals surface area contributed by atoms with Crippen molar-refractivity contribution in [1.82, 2.24) is 4.90 Å². The van der Waals surface area contributed by atoms with Gasteiger partial charge in [-0.05, 0) is 30.9 Å². The van der Waals surface area contributed by atoms with Crippen LogP contribution in [0.5, 0.6) is 0 Å². The second kappa shape index (κ2) is 8.70. The quantitative estimate of drug-likeness (QED) is 0.782. The lowest BCUT2D eigenvalue weighted by Gasteiger charge is -2.24. The van der Waals surface area contributed by atoms with E-state index >= 15 is 0 Å². The van der Waals surface area contributed by atoms with Crippen LogP contribution >= 0.6 is 0 Å². The first-order valence-electron chi connectivity index (χ1n) is 7.15. The summed E-state index contributed by atoms with van der Waals surface area (Å²) in [5, 5.41) is 0. The van der Waals surface area contributed by atoms with Crippen LogP contribution < -0.4 is 5.73 Å². The summed E-state index contributed by atoms with van der Waals surface area (Å²) in [4.78, 5) is 14.2. The van der Waals surface area contributed by atoms with Gasteiger partial charge in [-0.3, -0.25) is 4.79 Å². The van der Waals surface area contributed by atoms with Gasteiger partial charge < -0.3 is 10.6 Å². The maximum atomic E-state index is 12.2. The van der Waals surface area contributed by atoms with Gasteiger partial charge in [0.15, 0.2) is 0 Å². The van der Waals surface area contributed by atoms with E-state index in [0.717, 1.165) is 25.9 Å². The summed E-state index contributed by atoms with van der Waals surface area (Å²) in [7, 11) is 0. The van der Waals surface area contributed by atoms with Crippen molar-refractivity contribution < 1.29 is 4.79 Å². The number of carbonyl (C=O) groups is 1. The normalized spacial score (nSPS) is 10.7. The van der Waals surface area contributed by atoms with E-state index < -0.39 is 0 Å². The Morgan fingerprint density at radius 2 is 1.95 bits per heavy atom. The van der Waals surface area contributed by atoms with E-state index in [1.54, 1.807) is 0 Å². The predicted octanol–water partition coefficient (Wildman–Crippen LogP) is 2.45. The Kier molecular flexibility index (Phi) is 7.19. The van der Waals surface area contributed by atoms with Gasteiger partial charge in [0.05, 0.1) is 0 Å². The Labute approximate surface area is 116 Å². The molecule has 0 saturated heterocycles. The van der Waals surface area contributed by atoms with Crippen molar-refractivity contribution >= 4 is 5.91 Å². The van der Waals surface area contributed by atoms with E-state index in [-0.39, 0.29) is 5.91 Å². The van der Waals surface area contributed by atoms with Crippen LogP contribution in [0.15, 0.2) is 30.3 Å². The SMILES string of the molecule is CC(C)CN(CCCN)C(=O)CCc1ccccc1. The molecule has 0 fully saturated rings. The third kappa shape index (κ3) is 6.39. The molecule has 3 heteroatoms. The van der Waals surface area contributed by atoms with Crippen molar-refractivity contribution in [2.24, 2.45) is 11.7 Å². The molecule has 0 radical (unpaired) electrons. The highest BCUT2D eigenvalue weighted by molar-refractivity contribution is 5.76. The summed E-state index contributed by atoms with van der Waals surface area (Å²) >= 11 is 0. The number of benzene rings is 1. The maximum Gasteiger partial charge on any atom is 0.222 e. The van der Waals surface area contributed by atoms with E-state index in [4.69, 9.17) is 5.73 Å². The summed E-state index contributed by atoms with van der Waals surface area (Å²) in [5.41, 5.74) is 6.76. The second-order valence-electron chi connectivity index (χ2n) is 5.36. The first-order valence-corrected chi connectivity index (χ1v) is 7.15. The van der Waals surface area contributed by atoms with Gasteiger partial charge in [-0.2, -0.15) is 0 Å². The molecule has 0 heterocycles. The van der Waals surface area contributed by atoms with Crippen molar-refractivity contribution in [3.8, 4) is 0 Å². The van der Waals surface area contributed by atoms with Crippen molar-refractivity contribution in [2.45, 2.75) is 33.1 Å². The third-order valence-electron chi connectivity index (χ3n) is 3.04. The molecule has 3 nitrogen and oxygen atoms in total. The highest BCUT2D eigenvalue weighted by Crippen LogP contribution is 2.07. The van der Waals surface area contributed by atoms with Crippen LogP contribution in [-0.4, -0.2) is 30.4 Å². The van der Waals surface area contributed by atoms with Crippen LogP contribution in [0.2, 0.25) is 0 Å². The Bertz CT molecular complexity index is 362. The number of rotatable bonds is 8. The van der Waals surface area contributed by atoms with Gasteiger partial charge in [-0.15, -0.1) is 0 Å². The molecule has 1 rings (SSSR count). The molecular weight excluding hydrogens is 236 g/mol. The zero-order chi connectivity index (χ0) is 14.1. The molecule has 1 aromatic carbocycles. The van der Waals surface area contributed by atoms with Crippen LogP contribution in [-0.2, 0) is 11.2 Å². The fraction of sp³-hybridized carbons (Fsp3) is 0.562. The summed E-state index contributed by atoms with van der Waals surface area (Å²) in [6.07, 6.45) is 2.28. The number of carbonyl (C=O) groups excluding carboxylic acids is 1. The van der Waals surface area contributed by atoms with Crippen LogP contribution in [0.1, 0.15) is 32.3 Å². The number of aryl methyl sites for hydroxylation is 1. The summed E-state index contributed by atoms with van der Waals surface area (Å²) in [6.45, 7) is 6.52. The molecule has 1 aromatic rings. The fourth-order valence-electron chi connectivity index (χ4n) is 2.09. The largest absolute Gasteiger partial charge is 0.342 e. The van der Waals surface area contributed by atoms with E-state index in [2.05, 4.69) is 26.0 Å². The Morgan fingerprint density at radius 1 is 1.26 bits per heavy atom. The van der Waals surface area contributed by atoms with Crippen molar-refractivity contribution in [3.05, 3.63) is 35.9 Å². The molecule has 0 aliphatic rings. The highest BCUT2D eigenvalue weighted by Gasteiger charge is 2.14. The molecule has 1 amide bonds. The second-order valence-corrected chi connectivity index (χ2v) is 5.36. The Morgan fingerprint density at radius 3 is 2.53 bits per heavy atom. The molecule has 0 aromatic heterocycles. The van der Waals surface area contributed by atoms with Crippen molar-refractivity contribution in [1.29, 1.82) is 0 Å². The molecule has 0 unspecified atom stereocenters. The molecule has 19 heavy (non-hydrogen) atoms. The first-order chi connectivity index (χ1) is 9.13. The fourth-order valence-corrected chi connectivity index (χ4v) is 2.09. The average Bonchev–Trinajstić information content (AvgIpc) is 2.41. The van der Waals surface area contributed by atoms with Crippen LogP contribution in [0.4, 0.5) is 0 Å². The number of nitrogens with zero attached hydrogens (tertiary/aromatic N) is 1. The molecule has 106 valence electrons. The smallest absolute Gasteiger partial charge is 0.222 e. The van der Waals surface area contributed by atoms with Crippen LogP contribution in [0.3, 0.4) is 0 Å². The van der Waals surface area contributed by atoms with E-state index in [0.29, 0.717) is 18.9 Å². The minimum absolute atomic E-state index is 0.242. The van der Waals surface area contributed by atoms with Crippen molar-refractivity contribution in [2.75, 3.05) is 19.6 Å². The molecule has 0 atom stereocenters. The molecule has 0 aliphatic carbocycles. The van der Waals surface area contributed by atoms with Crippen molar-refractivity contribution in [3.63, 3.8) is 0 Å². The number of hydrogen-bond acceptors (Lipinski definition) is 2. The molecule has 0 saturated carbocycles. The lowest BCUT2D eigenvalue weighted by atomic mass is 10.1. The van der Waals surface area contributed by atoms with E-state index in [1.165, 1.54) is 5.56 Å². The summed E-state index contributed by atoms with van der Waals surface area (Å²) in [5.74, 6) is 0.740. The van der Waals surface area contributed by atoms with Crippen LogP contribution in [0.25, 0.3) is 0 Å². The standard InChI is InChI=1S/C16H26N2O/c1-14(2)13-18(12-6-11-17)16(19)10-9-15-7-4-3-5-8-15/h3-5,7-8,14H,6,9-13,17H2,1-2H3. The molecule has 0 bridgehead atoms. The lowest BCUT2D eigenvalue weighted by Crippen LogP contribution is -2.36. The topological polar surface area (TPSA) is 46.3 Å². The van der Waals surface area contributed by atoms with Gasteiger partial charge in [-0.25, -0.2) is 0 Å². The lowest BCUT2D eigenvalue weighted by molar-refractivity contribution is -0.131. The summed E-state index contributed by atoms with van der Waals surface area (Å²) in [6, 6.07) is 10.2. The third-order valence-corrected chi connectivity index (χ3v) is 3.04. The minimum atomic E-state index is 0.242. The maximum absolute atomic E-state index is 12.2. The zero-order valence-electron chi connectivity index (χ0n) is 12.1. The minimum Gasteiger partial charge on any atom is -0.342 e. The van der Waals surface area contributed by atoms with E-state index in [9.17, 15) is 4.79 Å². The van der Waals surface area contributed by atoms with Gasteiger partial charge in [0.1, 0.15) is 0 Å². The van der Waals surface area contributed by atoms with Gasteiger partial charge in [0.2, 0.25) is 5.91 Å². The molecular formula is C16H26N2O. The van der Waals surface area contributed by atoms with Gasteiger partial charge in [0, 0.05) is 19.5 Å². The van der Waals surface area contributed by atoms with Gasteiger partial charge >= 0.3 is 0 Å². The first kappa shape index (κ1) is 15.7. The molecule has 0 spiro atoms. The average molecular weight is 262 g/mol. The summed E-state index contributed by atoms with van der Waals surface area (Å²) < 4.78 is 0. The number of nitrogens with two attached hydrogens (primary N) is 1. The number of hydrogen-bond donors (Lipinski definition) is 1. The number of amides is 1. The predicted molar refractivity (Wildman–Crippen MR) is 79.9 cm³/mol. The zero-order valence-corrected chi connectivity index (χ0v) is 12.1. The Balaban J connectivity index is 2.46. The Hall–Kier alpha value is -1.35. The van der Waals surface area contributed by atoms with Crippen LogP contribution in [0, 0.1) is 5.92 Å². The van der Waals surface area contributed by atoms with Gasteiger partial charge in [-0.1, -0.05) is 44.2 Å². The molecule has 2 N–H and O–H groups in total.